The van der Waals surface area contributed by atoms with Gasteiger partial charge in [0, 0.05) is 31.1 Å². The Hall–Kier alpha value is -3.68. The highest BCUT2D eigenvalue weighted by atomic mass is 19.1. The summed E-state index contributed by atoms with van der Waals surface area (Å²) in [5.74, 6) is 0.735. The molecule has 7 nitrogen and oxygen atoms in total. The molecule has 8 heteroatoms. The summed E-state index contributed by atoms with van der Waals surface area (Å²) in [5, 5.41) is 15.8. The number of nitrogens with one attached hydrogen (secondary N) is 1. The number of rotatable bonds is 5. The van der Waals surface area contributed by atoms with Gasteiger partial charge in [-0.3, -0.25) is 4.79 Å². The first-order chi connectivity index (χ1) is 16.0. The van der Waals surface area contributed by atoms with E-state index in [4.69, 9.17) is 0 Å². The van der Waals surface area contributed by atoms with Crippen molar-refractivity contribution in [3.05, 3.63) is 59.9 Å². The summed E-state index contributed by atoms with van der Waals surface area (Å²) in [6.07, 6.45) is 3.40. The number of H-pyrrole nitrogens is 1. The molecule has 2 aromatic heterocycles. The topological polar surface area (TPSA) is 87.0 Å². The molecule has 0 radical (unpaired) electrons. The number of hydrogen-bond donors (Lipinski definition) is 2. The Morgan fingerprint density at radius 3 is 2.58 bits per heavy atom. The number of nitrogens with zero attached hydrogens (tertiary/aromatic N) is 4. The maximum absolute atomic E-state index is 13.5. The predicted octanol–water partition coefficient (Wildman–Crippen LogP) is 4.45. The maximum atomic E-state index is 13.5. The monoisotopic (exact) mass is 447 g/mol. The third-order valence-corrected chi connectivity index (χ3v) is 6.51. The summed E-state index contributed by atoms with van der Waals surface area (Å²) in [5.41, 5.74) is 3.71. The first-order valence-corrected chi connectivity index (χ1v) is 11.3. The second-order valence-corrected chi connectivity index (χ2v) is 8.64. The fourth-order valence-electron chi connectivity index (χ4n) is 4.58. The number of benzene rings is 2. The minimum Gasteiger partial charge on any atom is -0.493 e. The number of aromatic amines is 1. The van der Waals surface area contributed by atoms with Gasteiger partial charge >= 0.3 is 0 Å². The van der Waals surface area contributed by atoms with E-state index in [0.29, 0.717) is 24.0 Å². The van der Waals surface area contributed by atoms with E-state index in [1.807, 2.05) is 29.2 Å². The van der Waals surface area contributed by atoms with Gasteiger partial charge in [-0.25, -0.2) is 9.37 Å². The van der Waals surface area contributed by atoms with Crippen LogP contribution in [0.25, 0.3) is 28.2 Å². The highest BCUT2D eigenvalue weighted by molar-refractivity contribution is 5.76. The standard InChI is InChI=1S/C25H26FN5O2/c1-16(32)30-14-12-17(13-15-30)6-11-20-23(18-7-9-19(26)10-8-18)29-31(24(20)33)25-27-21-4-2-3-5-22(21)28-25/h2-5,7-10,17,33H,6,11-15H2,1H3,(H,27,28). The number of halogens is 1. The van der Waals surface area contributed by atoms with E-state index in [-0.39, 0.29) is 17.6 Å². The van der Waals surface area contributed by atoms with Crippen LogP contribution in [0.5, 0.6) is 5.88 Å². The van der Waals surface area contributed by atoms with Gasteiger partial charge in [-0.15, -0.1) is 0 Å². The summed E-state index contributed by atoms with van der Waals surface area (Å²) in [7, 11) is 0. The normalized spacial score (nSPS) is 14.8. The number of hydrogen-bond acceptors (Lipinski definition) is 4. The first-order valence-electron chi connectivity index (χ1n) is 11.3. The van der Waals surface area contributed by atoms with E-state index in [1.165, 1.54) is 16.8 Å². The molecule has 0 saturated carbocycles. The van der Waals surface area contributed by atoms with Crippen molar-refractivity contribution in [2.45, 2.75) is 32.6 Å². The lowest BCUT2D eigenvalue weighted by atomic mass is 9.90. The molecule has 1 aliphatic heterocycles. The van der Waals surface area contributed by atoms with Crippen molar-refractivity contribution in [2.75, 3.05) is 13.1 Å². The molecule has 1 fully saturated rings. The Kier molecular flexibility index (Phi) is 5.58. The second kappa shape index (κ2) is 8.69. The number of para-hydroxylation sites is 2. The van der Waals surface area contributed by atoms with Crippen molar-refractivity contribution in [1.29, 1.82) is 0 Å². The molecule has 0 aliphatic carbocycles. The van der Waals surface area contributed by atoms with Crippen LogP contribution in [0.1, 0.15) is 31.7 Å². The molecular formula is C25H26FN5O2. The van der Waals surface area contributed by atoms with Crippen molar-refractivity contribution in [2.24, 2.45) is 5.92 Å². The van der Waals surface area contributed by atoms with Gasteiger partial charge in [0.1, 0.15) is 11.5 Å². The van der Waals surface area contributed by atoms with Crippen molar-refractivity contribution in [3.8, 4) is 23.1 Å². The molecule has 2 N–H and O–H groups in total. The van der Waals surface area contributed by atoms with E-state index >= 15 is 0 Å². The van der Waals surface area contributed by atoms with Crippen molar-refractivity contribution >= 4 is 16.9 Å². The lowest BCUT2D eigenvalue weighted by Crippen LogP contribution is -2.37. The van der Waals surface area contributed by atoms with Crippen LogP contribution in [0, 0.1) is 11.7 Å². The van der Waals surface area contributed by atoms with Crippen molar-refractivity contribution < 1.29 is 14.3 Å². The summed E-state index contributed by atoms with van der Waals surface area (Å²) in [6, 6.07) is 13.8. The summed E-state index contributed by atoms with van der Waals surface area (Å²) >= 11 is 0. The Morgan fingerprint density at radius 1 is 1.15 bits per heavy atom. The molecule has 1 amide bonds. The van der Waals surface area contributed by atoms with Gasteiger partial charge in [-0.05, 0) is 68.0 Å². The number of fused-ring (bicyclic) bond motifs is 1. The van der Waals surface area contributed by atoms with Crippen LogP contribution < -0.4 is 0 Å². The summed E-state index contributed by atoms with van der Waals surface area (Å²) < 4.78 is 15.0. The summed E-state index contributed by atoms with van der Waals surface area (Å²) in [4.78, 5) is 21.3. The van der Waals surface area contributed by atoms with Crippen LogP contribution in [0.3, 0.4) is 0 Å². The average molecular weight is 448 g/mol. The Balaban J connectivity index is 1.46. The number of aromatic nitrogens is 4. The van der Waals surface area contributed by atoms with Gasteiger partial charge in [0.25, 0.3) is 0 Å². The molecule has 4 aromatic rings. The average Bonchev–Trinajstić information content (AvgIpc) is 3.39. The maximum Gasteiger partial charge on any atom is 0.232 e. The van der Waals surface area contributed by atoms with Crippen molar-refractivity contribution in [3.63, 3.8) is 0 Å². The van der Waals surface area contributed by atoms with Crippen LogP contribution in [0.15, 0.2) is 48.5 Å². The zero-order valence-electron chi connectivity index (χ0n) is 18.5. The minimum atomic E-state index is -0.321. The van der Waals surface area contributed by atoms with Crippen LogP contribution in [-0.4, -0.2) is 48.8 Å². The molecule has 3 heterocycles. The smallest absolute Gasteiger partial charge is 0.232 e. The molecule has 0 unspecified atom stereocenters. The third kappa shape index (κ3) is 4.20. The third-order valence-electron chi connectivity index (χ3n) is 6.51. The van der Waals surface area contributed by atoms with Crippen LogP contribution in [0.4, 0.5) is 4.39 Å². The zero-order chi connectivity index (χ0) is 22.9. The number of piperidine rings is 1. The van der Waals surface area contributed by atoms with Crippen molar-refractivity contribution in [1.82, 2.24) is 24.6 Å². The molecule has 0 atom stereocenters. The van der Waals surface area contributed by atoms with Crippen LogP contribution in [-0.2, 0) is 11.2 Å². The number of aromatic hydroxyl groups is 1. The molecule has 2 aromatic carbocycles. The molecular weight excluding hydrogens is 421 g/mol. The molecule has 0 spiro atoms. The highest BCUT2D eigenvalue weighted by Gasteiger charge is 2.25. The Labute approximate surface area is 190 Å². The molecule has 1 saturated heterocycles. The molecule has 5 rings (SSSR count). The number of carbonyl (C=O) groups excluding carboxylic acids is 1. The lowest BCUT2D eigenvalue weighted by molar-refractivity contribution is -0.130. The van der Waals surface area contributed by atoms with E-state index in [2.05, 4.69) is 15.1 Å². The number of imidazole rings is 1. The Morgan fingerprint density at radius 2 is 1.88 bits per heavy atom. The lowest BCUT2D eigenvalue weighted by Gasteiger charge is -2.31. The van der Waals surface area contributed by atoms with Gasteiger partial charge in [0.15, 0.2) is 0 Å². The van der Waals surface area contributed by atoms with E-state index in [0.717, 1.165) is 54.5 Å². The van der Waals surface area contributed by atoms with Crippen LogP contribution >= 0.6 is 0 Å². The van der Waals surface area contributed by atoms with Gasteiger partial charge in [-0.1, -0.05) is 12.1 Å². The fraction of sp³-hybridized carbons (Fsp3) is 0.320. The SMILES string of the molecule is CC(=O)N1CCC(CCc2c(-c3ccc(F)cc3)nn(-c3nc4ccccc4[nH]3)c2O)CC1. The summed E-state index contributed by atoms with van der Waals surface area (Å²) in [6.45, 7) is 3.16. The van der Waals surface area contributed by atoms with Gasteiger partial charge in [0.2, 0.25) is 17.7 Å². The Bertz CT molecular complexity index is 1250. The van der Waals surface area contributed by atoms with E-state index < -0.39 is 0 Å². The number of carbonyl (C=O) groups is 1. The second-order valence-electron chi connectivity index (χ2n) is 8.64. The molecule has 170 valence electrons. The number of amides is 1. The zero-order valence-corrected chi connectivity index (χ0v) is 18.5. The largest absolute Gasteiger partial charge is 0.493 e. The van der Waals surface area contributed by atoms with Crippen LogP contribution in [0.2, 0.25) is 0 Å². The van der Waals surface area contributed by atoms with E-state index in [1.54, 1.807) is 19.1 Å². The molecule has 33 heavy (non-hydrogen) atoms. The van der Waals surface area contributed by atoms with Gasteiger partial charge in [0.05, 0.1) is 11.0 Å². The first kappa shape index (κ1) is 21.2. The minimum absolute atomic E-state index is 0.0366. The fourth-order valence-corrected chi connectivity index (χ4v) is 4.58. The van der Waals surface area contributed by atoms with Gasteiger partial charge in [-0.2, -0.15) is 9.78 Å². The number of likely N-dealkylation sites (tertiary alicyclic amines) is 1. The van der Waals surface area contributed by atoms with Gasteiger partial charge < -0.3 is 15.0 Å². The predicted molar refractivity (Wildman–Crippen MR) is 124 cm³/mol. The highest BCUT2D eigenvalue weighted by Crippen LogP contribution is 2.34. The molecule has 1 aliphatic rings. The molecule has 0 bridgehead atoms. The van der Waals surface area contributed by atoms with E-state index in [9.17, 15) is 14.3 Å². The quantitative estimate of drug-likeness (QED) is 0.473.